The largest absolute Gasteiger partial charge is 0.347 e. The zero-order valence-electron chi connectivity index (χ0n) is 12.8. The van der Waals surface area contributed by atoms with Gasteiger partial charge in [-0.05, 0) is 42.1 Å². The van der Waals surface area contributed by atoms with Crippen LogP contribution in [0.5, 0.6) is 0 Å². The molecule has 0 unspecified atom stereocenters. The Hall–Kier alpha value is -2.40. The zero-order valence-corrected chi connectivity index (χ0v) is 13.6. The van der Waals surface area contributed by atoms with Gasteiger partial charge in [0, 0.05) is 13.1 Å². The van der Waals surface area contributed by atoms with Crippen molar-refractivity contribution in [3.8, 4) is 0 Å². The van der Waals surface area contributed by atoms with Crippen LogP contribution in [0.25, 0.3) is 10.2 Å². The highest BCUT2D eigenvalue weighted by atomic mass is 32.1. The van der Waals surface area contributed by atoms with E-state index < -0.39 is 0 Å². The number of hydrogen-bond donors (Lipinski definition) is 1. The lowest BCUT2D eigenvalue weighted by Gasteiger charge is -2.09. The van der Waals surface area contributed by atoms with Crippen molar-refractivity contribution in [1.82, 2.24) is 9.88 Å². The summed E-state index contributed by atoms with van der Waals surface area (Å²) in [6.07, 6.45) is 3.98. The molecule has 0 aliphatic rings. The Bertz CT molecular complexity index is 863. The second kappa shape index (κ2) is 6.79. The van der Waals surface area contributed by atoms with E-state index in [2.05, 4.69) is 5.32 Å². The van der Waals surface area contributed by atoms with Gasteiger partial charge in [-0.1, -0.05) is 24.3 Å². The number of hydrogen-bond acceptors (Lipinski definition) is 2. The van der Waals surface area contributed by atoms with Crippen molar-refractivity contribution >= 4 is 27.5 Å². The van der Waals surface area contributed by atoms with E-state index in [4.69, 9.17) is 0 Å². The quantitative estimate of drug-likeness (QED) is 0.694. The fraction of sp³-hybridized carbons (Fsp3) is 0.167. The highest BCUT2D eigenvalue weighted by Crippen LogP contribution is 2.25. The van der Waals surface area contributed by atoms with Crippen LogP contribution in [0.3, 0.4) is 0 Å². The highest BCUT2D eigenvalue weighted by Gasteiger charge is 2.15. The topological polar surface area (TPSA) is 34.0 Å². The molecule has 5 heteroatoms. The lowest BCUT2D eigenvalue weighted by Crippen LogP contribution is -2.25. The first kappa shape index (κ1) is 15.5. The number of fused-ring (bicyclic) bond motifs is 1. The van der Waals surface area contributed by atoms with Crippen LogP contribution in [-0.4, -0.2) is 10.5 Å². The molecule has 0 atom stereocenters. The Morgan fingerprint density at radius 1 is 1.35 bits per heavy atom. The maximum absolute atomic E-state index is 13.2. The molecule has 2 heterocycles. The smallest absolute Gasteiger partial charge is 0.268 e. The summed E-state index contributed by atoms with van der Waals surface area (Å²) in [5, 5.41) is 4.88. The molecule has 3 aromatic rings. The number of carbonyl (C=O) groups is 1. The van der Waals surface area contributed by atoms with Gasteiger partial charge in [-0.3, -0.25) is 4.79 Å². The monoisotopic (exact) mass is 328 g/mol. The number of nitrogens with zero attached hydrogens (tertiary/aromatic N) is 1. The Balaban J connectivity index is 1.81. The van der Waals surface area contributed by atoms with Crippen molar-refractivity contribution in [2.45, 2.75) is 20.0 Å². The lowest BCUT2D eigenvalue weighted by molar-refractivity contribution is 0.0942. The summed E-state index contributed by atoms with van der Waals surface area (Å²) in [7, 11) is 0. The molecule has 2 aromatic heterocycles. The molecule has 0 radical (unpaired) electrons. The maximum Gasteiger partial charge on any atom is 0.268 e. The van der Waals surface area contributed by atoms with Crippen LogP contribution >= 0.6 is 11.3 Å². The van der Waals surface area contributed by atoms with E-state index in [0.29, 0.717) is 18.8 Å². The Kier molecular flexibility index (Phi) is 4.57. The average molecular weight is 328 g/mol. The fourth-order valence-electron chi connectivity index (χ4n) is 2.49. The first-order valence-corrected chi connectivity index (χ1v) is 8.27. The lowest BCUT2D eigenvalue weighted by atomic mass is 10.2. The van der Waals surface area contributed by atoms with Gasteiger partial charge in [-0.25, -0.2) is 4.39 Å². The number of thiophene rings is 1. The molecule has 118 valence electrons. The number of amides is 1. The molecular formula is C18H17FN2OS. The van der Waals surface area contributed by atoms with Gasteiger partial charge in [-0.15, -0.1) is 11.3 Å². The molecule has 3 nitrogen and oxygen atoms in total. The van der Waals surface area contributed by atoms with Gasteiger partial charge in [0.2, 0.25) is 0 Å². The highest BCUT2D eigenvalue weighted by molar-refractivity contribution is 7.17. The molecule has 1 aromatic carbocycles. The third kappa shape index (κ3) is 3.35. The summed E-state index contributed by atoms with van der Waals surface area (Å²) in [4.78, 5) is 12.5. The van der Waals surface area contributed by atoms with E-state index in [-0.39, 0.29) is 11.7 Å². The number of nitrogens with one attached hydrogen (secondary N) is 1. The van der Waals surface area contributed by atoms with Crippen LogP contribution in [0, 0.1) is 5.82 Å². The first-order valence-electron chi connectivity index (χ1n) is 7.39. The first-order chi connectivity index (χ1) is 11.2. The van der Waals surface area contributed by atoms with Gasteiger partial charge in [0.05, 0.1) is 10.2 Å². The zero-order chi connectivity index (χ0) is 16.2. The number of benzene rings is 1. The molecule has 0 fully saturated rings. The van der Waals surface area contributed by atoms with Crippen LogP contribution in [-0.2, 0) is 13.1 Å². The Labute approximate surface area is 138 Å². The number of allylic oxidation sites excluding steroid dienone is 2. The van der Waals surface area contributed by atoms with E-state index in [1.54, 1.807) is 23.5 Å². The van der Waals surface area contributed by atoms with Gasteiger partial charge in [-0.2, -0.15) is 0 Å². The van der Waals surface area contributed by atoms with Crippen molar-refractivity contribution in [3.63, 3.8) is 0 Å². The van der Waals surface area contributed by atoms with E-state index in [0.717, 1.165) is 15.8 Å². The van der Waals surface area contributed by atoms with Crippen LogP contribution in [0.4, 0.5) is 4.39 Å². The predicted molar refractivity (Wildman–Crippen MR) is 92.2 cm³/mol. The van der Waals surface area contributed by atoms with E-state index in [9.17, 15) is 9.18 Å². The molecule has 0 aliphatic carbocycles. The molecular weight excluding hydrogens is 311 g/mol. The second-order valence-electron chi connectivity index (χ2n) is 5.19. The van der Waals surface area contributed by atoms with Crippen molar-refractivity contribution < 1.29 is 9.18 Å². The third-order valence-electron chi connectivity index (χ3n) is 3.62. The minimum absolute atomic E-state index is 0.151. The van der Waals surface area contributed by atoms with Crippen molar-refractivity contribution in [1.29, 1.82) is 0 Å². The second-order valence-corrected chi connectivity index (χ2v) is 6.14. The number of carbonyl (C=O) groups excluding carboxylic acids is 1. The van der Waals surface area contributed by atoms with Crippen molar-refractivity contribution in [2.75, 3.05) is 0 Å². The van der Waals surface area contributed by atoms with Gasteiger partial charge < -0.3 is 9.88 Å². The Morgan fingerprint density at radius 2 is 2.22 bits per heavy atom. The molecule has 0 bridgehead atoms. The van der Waals surface area contributed by atoms with E-state index >= 15 is 0 Å². The van der Waals surface area contributed by atoms with Crippen LogP contribution in [0.1, 0.15) is 23.0 Å². The summed E-state index contributed by atoms with van der Waals surface area (Å²) in [5.41, 5.74) is 2.43. The molecule has 1 N–H and O–H groups in total. The van der Waals surface area contributed by atoms with E-state index in [1.807, 2.05) is 41.2 Å². The standard InChI is InChI=1S/C18H17FN2OS/c1-2-3-8-21-15-7-9-23-17(15)11-16(21)18(22)20-12-13-5-4-6-14(19)10-13/h2-7,9-11H,8,12H2,1H3,(H,20,22)/b3-2+. The molecule has 23 heavy (non-hydrogen) atoms. The van der Waals surface area contributed by atoms with E-state index in [1.165, 1.54) is 12.1 Å². The van der Waals surface area contributed by atoms with Crippen molar-refractivity contribution in [2.24, 2.45) is 0 Å². The number of rotatable bonds is 5. The van der Waals surface area contributed by atoms with Crippen LogP contribution in [0.2, 0.25) is 0 Å². The SMILES string of the molecule is C/C=C/Cn1c(C(=O)NCc2cccc(F)c2)cc2sccc21. The summed E-state index contributed by atoms with van der Waals surface area (Å²) in [6, 6.07) is 10.2. The van der Waals surface area contributed by atoms with Gasteiger partial charge in [0.25, 0.3) is 5.91 Å². The normalized spacial score (nSPS) is 11.4. The van der Waals surface area contributed by atoms with Crippen molar-refractivity contribution in [3.05, 3.63) is 71.0 Å². The minimum atomic E-state index is -0.297. The molecule has 1 amide bonds. The maximum atomic E-state index is 13.2. The molecule has 0 aliphatic heterocycles. The van der Waals surface area contributed by atoms with Gasteiger partial charge >= 0.3 is 0 Å². The summed E-state index contributed by atoms with van der Waals surface area (Å²) >= 11 is 1.62. The summed E-state index contributed by atoms with van der Waals surface area (Å²) < 4.78 is 16.3. The molecule has 0 saturated heterocycles. The number of halogens is 1. The van der Waals surface area contributed by atoms with Gasteiger partial charge in [0.1, 0.15) is 11.5 Å². The van der Waals surface area contributed by atoms with Crippen LogP contribution in [0.15, 0.2) is 53.9 Å². The fourth-order valence-corrected chi connectivity index (χ4v) is 3.31. The third-order valence-corrected chi connectivity index (χ3v) is 4.47. The Morgan fingerprint density at radius 3 is 3.00 bits per heavy atom. The molecule has 3 rings (SSSR count). The average Bonchev–Trinajstić information content (AvgIpc) is 3.12. The number of aromatic nitrogens is 1. The predicted octanol–water partition coefficient (Wildman–Crippen LogP) is 4.35. The molecule has 0 saturated carbocycles. The molecule has 0 spiro atoms. The van der Waals surface area contributed by atoms with Crippen LogP contribution < -0.4 is 5.32 Å². The summed E-state index contributed by atoms with van der Waals surface area (Å²) in [5.74, 6) is -0.448. The van der Waals surface area contributed by atoms with Gasteiger partial charge in [0.15, 0.2) is 0 Å². The minimum Gasteiger partial charge on any atom is -0.347 e. The summed E-state index contributed by atoms with van der Waals surface area (Å²) in [6.45, 7) is 2.91.